The molecule has 2 aromatic carbocycles. The van der Waals surface area contributed by atoms with Crippen molar-refractivity contribution in [2.45, 2.75) is 26.2 Å². The maximum absolute atomic E-state index is 12.1. The Morgan fingerprint density at radius 2 is 1.96 bits per heavy atom. The first-order valence-corrected chi connectivity index (χ1v) is 8.57. The molecule has 0 atom stereocenters. The van der Waals surface area contributed by atoms with E-state index in [2.05, 4.69) is 22.1 Å². The average molecular weight is 351 g/mol. The van der Waals surface area contributed by atoms with Gasteiger partial charge in [-0.1, -0.05) is 31.5 Å². The molecule has 0 fully saturated rings. The Hall–Kier alpha value is -3.15. The normalized spacial score (nSPS) is 11.3. The van der Waals surface area contributed by atoms with Crippen molar-refractivity contribution in [3.05, 3.63) is 53.6 Å². The number of H-pyrrole nitrogens is 1. The molecule has 3 aromatic rings. The predicted molar refractivity (Wildman–Crippen MR) is 100 cm³/mol. The molecule has 2 N–H and O–H groups in total. The Kier molecular flexibility index (Phi) is 5.31. The molecule has 0 saturated heterocycles. The molecule has 26 heavy (non-hydrogen) atoms. The molecule has 0 saturated carbocycles. The second-order valence-corrected chi connectivity index (χ2v) is 5.97. The Balaban J connectivity index is 2.00. The Labute approximate surface area is 151 Å². The number of amides is 1. The van der Waals surface area contributed by atoms with Gasteiger partial charge in [0.1, 0.15) is 5.75 Å². The van der Waals surface area contributed by atoms with Crippen molar-refractivity contribution in [1.82, 2.24) is 4.98 Å². The van der Waals surface area contributed by atoms with Crippen LogP contribution in [0.2, 0.25) is 0 Å². The number of hydrogen-bond donors (Lipinski definition) is 2. The zero-order chi connectivity index (χ0) is 18.5. The van der Waals surface area contributed by atoms with E-state index in [1.54, 1.807) is 37.4 Å². The lowest BCUT2D eigenvalue weighted by Gasteiger charge is -2.09. The first-order valence-electron chi connectivity index (χ1n) is 8.57. The van der Waals surface area contributed by atoms with E-state index in [1.165, 1.54) is 0 Å². The first kappa shape index (κ1) is 17.7. The molecule has 0 bridgehead atoms. The van der Waals surface area contributed by atoms with Crippen LogP contribution >= 0.6 is 0 Å². The van der Waals surface area contributed by atoms with Gasteiger partial charge in [-0.05, 0) is 37.1 Å². The molecule has 6 heteroatoms. The Bertz CT molecular complexity index is 946. The summed E-state index contributed by atoms with van der Waals surface area (Å²) in [7, 11) is 1.62. The predicted octanol–water partition coefficient (Wildman–Crippen LogP) is 5.15. The zero-order valence-electron chi connectivity index (χ0n) is 14.8. The number of aromatic amines is 1. The van der Waals surface area contributed by atoms with Crippen LogP contribution in [0, 0.1) is 0 Å². The number of aromatic nitrogens is 1. The fourth-order valence-electron chi connectivity index (χ4n) is 2.90. The van der Waals surface area contributed by atoms with E-state index in [0.29, 0.717) is 10.9 Å². The fraction of sp³-hybridized carbons (Fsp3) is 0.250. The topological polar surface area (TPSA) is 87.0 Å². The van der Waals surface area contributed by atoms with E-state index in [1.807, 2.05) is 12.1 Å². The van der Waals surface area contributed by atoms with Crippen molar-refractivity contribution in [3.8, 4) is 11.6 Å². The molecule has 0 aliphatic carbocycles. The quantitative estimate of drug-likeness (QED) is 0.602. The summed E-state index contributed by atoms with van der Waals surface area (Å²) >= 11 is 0. The molecule has 0 aliphatic rings. The number of unbranched alkanes of at least 4 members (excludes halogenated alkanes) is 1. The van der Waals surface area contributed by atoms with Crippen molar-refractivity contribution >= 4 is 22.5 Å². The second kappa shape index (κ2) is 7.82. The number of carbonyl (C=O) groups is 1. The second-order valence-electron chi connectivity index (χ2n) is 5.97. The van der Waals surface area contributed by atoms with E-state index in [9.17, 15) is 9.90 Å². The van der Waals surface area contributed by atoms with Crippen molar-refractivity contribution in [2.75, 3.05) is 7.11 Å². The molecule has 1 aromatic heterocycles. The van der Waals surface area contributed by atoms with Crippen LogP contribution in [0.5, 0.6) is 11.6 Å². The molecule has 1 heterocycles. The van der Waals surface area contributed by atoms with Gasteiger partial charge in [0.2, 0.25) is 5.88 Å². The van der Waals surface area contributed by atoms with Gasteiger partial charge in [-0.2, -0.15) is 0 Å². The van der Waals surface area contributed by atoms with Gasteiger partial charge in [-0.3, -0.25) is 4.79 Å². The summed E-state index contributed by atoms with van der Waals surface area (Å²) in [5.74, 6) is 0.186. The van der Waals surface area contributed by atoms with E-state index < -0.39 is 5.91 Å². The molecule has 0 spiro atoms. The van der Waals surface area contributed by atoms with Crippen LogP contribution in [0.4, 0.5) is 5.69 Å². The monoisotopic (exact) mass is 351 g/mol. The van der Waals surface area contributed by atoms with Gasteiger partial charge in [0, 0.05) is 16.5 Å². The number of aromatic hydroxyl groups is 1. The summed E-state index contributed by atoms with van der Waals surface area (Å²) in [6.45, 7) is 2.12. The van der Waals surface area contributed by atoms with Crippen LogP contribution < -0.4 is 4.74 Å². The lowest BCUT2D eigenvalue weighted by Crippen LogP contribution is -1.94. The number of ether oxygens (including phenoxy) is 1. The van der Waals surface area contributed by atoms with Crippen LogP contribution in [-0.4, -0.2) is 23.1 Å². The zero-order valence-corrected chi connectivity index (χ0v) is 14.8. The maximum Gasteiger partial charge on any atom is 0.295 e. The van der Waals surface area contributed by atoms with Crippen molar-refractivity contribution in [3.63, 3.8) is 0 Å². The lowest BCUT2D eigenvalue weighted by atomic mass is 10.0. The van der Waals surface area contributed by atoms with Crippen LogP contribution in [-0.2, 0) is 6.42 Å². The van der Waals surface area contributed by atoms with E-state index >= 15 is 0 Å². The number of azo groups is 1. The summed E-state index contributed by atoms with van der Waals surface area (Å²) in [4.78, 5) is 15.1. The number of hydrogen-bond acceptors (Lipinski definition) is 4. The summed E-state index contributed by atoms with van der Waals surface area (Å²) in [5, 5.41) is 18.7. The number of carbonyl (C=O) groups excluding carboxylic acids is 1. The van der Waals surface area contributed by atoms with Crippen LogP contribution in [0.15, 0.2) is 52.7 Å². The van der Waals surface area contributed by atoms with Gasteiger partial charge in [0.15, 0.2) is 5.69 Å². The van der Waals surface area contributed by atoms with Gasteiger partial charge in [-0.15, -0.1) is 10.2 Å². The number of methoxy groups -OCH3 is 1. The third-order valence-electron chi connectivity index (χ3n) is 4.25. The summed E-state index contributed by atoms with van der Waals surface area (Å²) < 4.78 is 5.45. The molecular weight excluding hydrogens is 330 g/mol. The minimum absolute atomic E-state index is 0.115. The van der Waals surface area contributed by atoms with Gasteiger partial charge in [0.25, 0.3) is 5.91 Å². The standard InChI is InChI=1S/C20H21N3O3/c1-3-4-10-14-16(26-2)12-11-15-17(14)21-20(25)18(15)22-23-19(24)13-8-6-5-7-9-13/h5-9,11-12,21,25H,3-4,10H2,1-2H3. The Morgan fingerprint density at radius 1 is 1.19 bits per heavy atom. The molecular formula is C20H21N3O3. The van der Waals surface area contributed by atoms with Crippen molar-refractivity contribution < 1.29 is 14.6 Å². The number of aryl methyl sites for hydroxylation is 1. The third kappa shape index (κ3) is 3.44. The minimum Gasteiger partial charge on any atom is -0.496 e. The summed E-state index contributed by atoms with van der Waals surface area (Å²) in [5.41, 5.74) is 2.44. The highest BCUT2D eigenvalue weighted by Crippen LogP contribution is 2.40. The highest BCUT2D eigenvalue weighted by molar-refractivity contribution is 5.98. The number of nitrogens with zero attached hydrogens (tertiary/aromatic N) is 2. The van der Waals surface area contributed by atoms with Crippen LogP contribution in [0.1, 0.15) is 35.7 Å². The van der Waals surface area contributed by atoms with E-state index in [-0.39, 0.29) is 11.6 Å². The van der Waals surface area contributed by atoms with Gasteiger partial charge in [0.05, 0.1) is 12.6 Å². The third-order valence-corrected chi connectivity index (χ3v) is 4.25. The lowest BCUT2D eigenvalue weighted by molar-refractivity contribution is 0.0995. The highest BCUT2D eigenvalue weighted by Gasteiger charge is 2.17. The SMILES string of the molecule is CCCCc1c(OC)ccc2c(N=NC(=O)c3ccccc3)c(O)[nH]c12. The minimum atomic E-state index is -0.459. The summed E-state index contributed by atoms with van der Waals surface area (Å²) in [6.07, 6.45) is 2.86. The van der Waals surface area contributed by atoms with E-state index in [0.717, 1.165) is 36.1 Å². The number of fused-ring (bicyclic) bond motifs is 1. The fourth-order valence-corrected chi connectivity index (χ4v) is 2.90. The van der Waals surface area contributed by atoms with Crippen molar-refractivity contribution in [1.29, 1.82) is 0 Å². The molecule has 6 nitrogen and oxygen atoms in total. The molecule has 0 unspecified atom stereocenters. The van der Waals surface area contributed by atoms with Crippen molar-refractivity contribution in [2.24, 2.45) is 10.2 Å². The van der Waals surface area contributed by atoms with Gasteiger partial charge >= 0.3 is 0 Å². The van der Waals surface area contributed by atoms with Gasteiger partial charge < -0.3 is 14.8 Å². The van der Waals surface area contributed by atoms with Crippen LogP contribution in [0.25, 0.3) is 10.9 Å². The number of benzene rings is 2. The molecule has 0 aliphatic heterocycles. The van der Waals surface area contributed by atoms with Crippen LogP contribution in [0.3, 0.4) is 0 Å². The molecule has 1 amide bonds. The van der Waals surface area contributed by atoms with E-state index in [4.69, 9.17) is 4.74 Å². The largest absolute Gasteiger partial charge is 0.496 e. The molecule has 0 radical (unpaired) electrons. The molecule has 134 valence electrons. The first-order chi connectivity index (χ1) is 12.7. The summed E-state index contributed by atoms with van der Waals surface area (Å²) in [6, 6.07) is 12.3. The van der Waals surface area contributed by atoms with Gasteiger partial charge in [-0.25, -0.2) is 0 Å². The maximum atomic E-state index is 12.1. The molecule has 3 rings (SSSR count). The highest BCUT2D eigenvalue weighted by atomic mass is 16.5. The smallest absolute Gasteiger partial charge is 0.295 e. The number of rotatable bonds is 6. The Morgan fingerprint density at radius 3 is 2.65 bits per heavy atom. The number of nitrogens with one attached hydrogen (secondary N) is 1. The average Bonchev–Trinajstić information content (AvgIpc) is 3.00.